The zero-order chi connectivity index (χ0) is 20.2. The van der Waals surface area contributed by atoms with Crippen molar-refractivity contribution >= 4 is 5.91 Å². The molecule has 5 heteroatoms. The van der Waals surface area contributed by atoms with Gasteiger partial charge in [0.15, 0.2) is 0 Å². The van der Waals surface area contributed by atoms with Crippen molar-refractivity contribution in [3.05, 3.63) is 53.6 Å². The number of benzene rings is 2. The van der Waals surface area contributed by atoms with Gasteiger partial charge in [-0.3, -0.25) is 9.69 Å². The predicted molar refractivity (Wildman–Crippen MR) is 114 cm³/mol. The second-order valence-corrected chi connectivity index (χ2v) is 7.82. The van der Waals surface area contributed by atoms with E-state index in [-0.39, 0.29) is 11.9 Å². The van der Waals surface area contributed by atoms with Gasteiger partial charge in [0.2, 0.25) is 5.91 Å². The average Bonchev–Trinajstić information content (AvgIpc) is 2.78. The Bertz CT molecular complexity index is 844. The van der Waals surface area contributed by atoms with E-state index in [0.717, 1.165) is 51.6 Å². The summed E-state index contributed by atoms with van der Waals surface area (Å²) >= 11 is 0. The third kappa shape index (κ3) is 4.31. The Hall–Kier alpha value is -2.37. The van der Waals surface area contributed by atoms with Gasteiger partial charge in [0, 0.05) is 32.6 Å². The largest absolute Gasteiger partial charge is 0.497 e. The highest BCUT2D eigenvalue weighted by Crippen LogP contribution is 2.36. The van der Waals surface area contributed by atoms with Gasteiger partial charge >= 0.3 is 0 Å². The van der Waals surface area contributed by atoms with E-state index in [1.807, 2.05) is 12.1 Å². The lowest BCUT2D eigenvalue weighted by molar-refractivity contribution is -0.134. The predicted octanol–water partition coefficient (Wildman–Crippen LogP) is 3.53. The van der Waals surface area contributed by atoms with Crippen molar-refractivity contribution in [2.45, 2.75) is 25.8 Å². The molecule has 0 aliphatic carbocycles. The maximum absolute atomic E-state index is 12.9. The fraction of sp³-hybridized carbons (Fsp3) is 0.458. The Balaban J connectivity index is 1.48. The van der Waals surface area contributed by atoms with Gasteiger partial charge in [0.1, 0.15) is 5.75 Å². The lowest BCUT2D eigenvalue weighted by Crippen LogP contribution is -2.42. The number of fused-ring (bicyclic) bond motifs is 1. The van der Waals surface area contributed by atoms with Crippen molar-refractivity contribution in [1.82, 2.24) is 9.80 Å². The number of methoxy groups -OCH3 is 1. The first-order chi connectivity index (χ1) is 14.2. The van der Waals surface area contributed by atoms with Gasteiger partial charge in [-0.15, -0.1) is 0 Å². The van der Waals surface area contributed by atoms with E-state index in [9.17, 15) is 4.79 Å². The maximum atomic E-state index is 12.9. The standard InChI is InChI=1S/C24H30N2O3/c1-18-21-4-3-5-22(19-6-8-20(28-2)9-7-19)23(21)10-13-26(18)24(27)11-12-25-14-16-29-17-15-25/h3-9,18H,10-17H2,1-2H3. The molecule has 2 aromatic carbocycles. The number of hydrogen-bond donors (Lipinski definition) is 0. The minimum Gasteiger partial charge on any atom is -0.497 e. The maximum Gasteiger partial charge on any atom is 0.224 e. The highest BCUT2D eigenvalue weighted by atomic mass is 16.5. The molecule has 1 fully saturated rings. The average molecular weight is 395 g/mol. The molecule has 1 atom stereocenters. The van der Waals surface area contributed by atoms with Gasteiger partial charge in [0.25, 0.3) is 0 Å². The van der Waals surface area contributed by atoms with Crippen molar-refractivity contribution in [2.24, 2.45) is 0 Å². The SMILES string of the molecule is COc1ccc(-c2cccc3c2CCN(C(=O)CCN2CCOCC2)C3C)cc1. The molecule has 2 heterocycles. The summed E-state index contributed by atoms with van der Waals surface area (Å²) in [4.78, 5) is 17.3. The molecule has 154 valence electrons. The number of hydrogen-bond acceptors (Lipinski definition) is 4. The first-order valence-corrected chi connectivity index (χ1v) is 10.5. The van der Waals surface area contributed by atoms with E-state index in [2.05, 4.69) is 47.1 Å². The third-order valence-corrected chi connectivity index (χ3v) is 6.20. The Morgan fingerprint density at radius 2 is 1.86 bits per heavy atom. The normalized spacial score (nSPS) is 19.7. The Kier molecular flexibility index (Phi) is 6.16. The number of morpholine rings is 1. The monoisotopic (exact) mass is 394 g/mol. The molecule has 1 saturated heterocycles. The minimum absolute atomic E-state index is 0.106. The summed E-state index contributed by atoms with van der Waals surface area (Å²) in [5.74, 6) is 1.12. The first kappa shape index (κ1) is 19.9. The third-order valence-electron chi connectivity index (χ3n) is 6.20. The van der Waals surface area contributed by atoms with Crippen LogP contribution in [0.25, 0.3) is 11.1 Å². The Morgan fingerprint density at radius 1 is 1.10 bits per heavy atom. The highest BCUT2D eigenvalue weighted by molar-refractivity contribution is 5.78. The first-order valence-electron chi connectivity index (χ1n) is 10.5. The molecule has 0 N–H and O–H groups in total. The van der Waals surface area contributed by atoms with E-state index < -0.39 is 0 Å². The van der Waals surface area contributed by atoms with Crippen LogP contribution in [0.4, 0.5) is 0 Å². The molecular formula is C24H30N2O3. The summed E-state index contributed by atoms with van der Waals surface area (Å²) in [5, 5.41) is 0. The fourth-order valence-electron chi connectivity index (χ4n) is 4.47. The van der Waals surface area contributed by atoms with Crippen molar-refractivity contribution in [3.63, 3.8) is 0 Å². The molecule has 4 rings (SSSR count). The molecule has 0 spiro atoms. The number of rotatable bonds is 5. The van der Waals surface area contributed by atoms with Gasteiger partial charge in [-0.2, -0.15) is 0 Å². The molecule has 2 aromatic rings. The van der Waals surface area contributed by atoms with E-state index in [4.69, 9.17) is 9.47 Å². The number of carbonyl (C=O) groups excluding carboxylic acids is 1. The summed E-state index contributed by atoms with van der Waals surface area (Å²) in [6.07, 6.45) is 1.48. The van der Waals surface area contributed by atoms with Gasteiger partial charge in [0.05, 0.1) is 26.4 Å². The van der Waals surface area contributed by atoms with Gasteiger partial charge in [-0.25, -0.2) is 0 Å². The molecule has 5 nitrogen and oxygen atoms in total. The zero-order valence-corrected chi connectivity index (χ0v) is 17.4. The van der Waals surface area contributed by atoms with Crippen LogP contribution in [0.15, 0.2) is 42.5 Å². The topological polar surface area (TPSA) is 42.0 Å². The molecule has 0 bridgehead atoms. The van der Waals surface area contributed by atoms with E-state index in [0.29, 0.717) is 6.42 Å². The van der Waals surface area contributed by atoms with E-state index in [1.54, 1.807) is 7.11 Å². The second-order valence-electron chi connectivity index (χ2n) is 7.82. The number of ether oxygens (including phenoxy) is 2. The van der Waals surface area contributed by atoms with Crippen molar-refractivity contribution in [3.8, 4) is 16.9 Å². The summed E-state index contributed by atoms with van der Waals surface area (Å²) in [6, 6.07) is 14.8. The van der Waals surface area contributed by atoms with Crippen molar-refractivity contribution in [2.75, 3.05) is 46.5 Å². The lowest BCUT2D eigenvalue weighted by atomic mass is 9.87. The molecule has 1 unspecified atom stereocenters. The second kappa shape index (κ2) is 8.97. The number of nitrogens with zero attached hydrogens (tertiary/aromatic N) is 2. The van der Waals surface area contributed by atoms with Crippen LogP contribution in [0, 0.1) is 0 Å². The highest BCUT2D eigenvalue weighted by Gasteiger charge is 2.29. The van der Waals surface area contributed by atoms with Crippen molar-refractivity contribution < 1.29 is 14.3 Å². The van der Waals surface area contributed by atoms with Crippen LogP contribution >= 0.6 is 0 Å². The van der Waals surface area contributed by atoms with Gasteiger partial charge < -0.3 is 14.4 Å². The Labute approximate surface area is 173 Å². The van der Waals surface area contributed by atoms with E-state index >= 15 is 0 Å². The van der Waals surface area contributed by atoms with Crippen LogP contribution in [0.5, 0.6) is 5.75 Å². The summed E-state index contributed by atoms with van der Waals surface area (Å²) in [6.45, 7) is 7.16. The minimum atomic E-state index is 0.106. The molecule has 2 aliphatic heterocycles. The van der Waals surface area contributed by atoms with E-state index in [1.165, 1.54) is 22.3 Å². The number of amides is 1. The van der Waals surface area contributed by atoms with Crippen molar-refractivity contribution in [1.29, 1.82) is 0 Å². The lowest BCUT2D eigenvalue weighted by Gasteiger charge is -2.37. The van der Waals surface area contributed by atoms with Crippen LogP contribution in [0.3, 0.4) is 0 Å². The van der Waals surface area contributed by atoms with Gasteiger partial charge in [-0.1, -0.05) is 30.3 Å². The smallest absolute Gasteiger partial charge is 0.224 e. The fourth-order valence-corrected chi connectivity index (χ4v) is 4.47. The van der Waals surface area contributed by atoms with Crippen LogP contribution in [-0.2, 0) is 16.0 Å². The van der Waals surface area contributed by atoms with Crippen LogP contribution in [0.1, 0.15) is 30.5 Å². The molecule has 0 saturated carbocycles. The van der Waals surface area contributed by atoms with Crippen LogP contribution in [-0.4, -0.2) is 62.2 Å². The number of carbonyl (C=O) groups is 1. The molecule has 0 aromatic heterocycles. The molecule has 0 radical (unpaired) electrons. The Morgan fingerprint density at radius 3 is 2.59 bits per heavy atom. The van der Waals surface area contributed by atoms with Crippen LogP contribution in [0.2, 0.25) is 0 Å². The summed E-state index contributed by atoms with van der Waals surface area (Å²) < 4.78 is 10.7. The molecular weight excluding hydrogens is 364 g/mol. The summed E-state index contributed by atoms with van der Waals surface area (Å²) in [7, 11) is 1.69. The van der Waals surface area contributed by atoms with Crippen LogP contribution < -0.4 is 4.74 Å². The molecule has 29 heavy (non-hydrogen) atoms. The molecule has 2 aliphatic rings. The summed E-state index contributed by atoms with van der Waals surface area (Å²) in [5.41, 5.74) is 5.09. The zero-order valence-electron chi connectivity index (χ0n) is 17.4. The molecule has 1 amide bonds. The quantitative estimate of drug-likeness (QED) is 0.778. The van der Waals surface area contributed by atoms with Gasteiger partial charge in [-0.05, 0) is 47.7 Å².